The van der Waals surface area contributed by atoms with Crippen LogP contribution in [0.1, 0.15) is 5.56 Å². The minimum atomic E-state index is -0.848. The first kappa shape index (κ1) is 19.6. The zero-order valence-corrected chi connectivity index (χ0v) is 14.7. The SMILES string of the molecule is C=CCn1c(=O)n(CC=C)c(=O)n(Cc2cc([N+](=O)[O-])ccc2OC)c1=O. The highest BCUT2D eigenvalue weighted by atomic mass is 16.6. The predicted molar refractivity (Wildman–Crippen MR) is 98.4 cm³/mol. The monoisotopic (exact) mass is 374 g/mol. The third-order valence-corrected chi connectivity index (χ3v) is 3.81. The number of rotatable bonds is 8. The number of allylic oxidation sites excluding steroid dienone is 2. The van der Waals surface area contributed by atoms with Crippen LogP contribution >= 0.6 is 0 Å². The maximum absolute atomic E-state index is 12.6. The van der Waals surface area contributed by atoms with Gasteiger partial charge in [0.2, 0.25) is 0 Å². The second-order valence-electron chi connectivity index (χ2n) is 5.49. The van der Waals surface area contributed by atoms with Crippen molar-refractivity contribution in [3.63, 3.8) is 0 Å². The number of hydrogen-bond acceptors (Lipinski definition) is 6. The molecule has 10 nitrogen and oxygen atoms in total. The topological polar surface area (TPSA) is 118 Å². The van der Waals surface area contributed by atoms with Gasteiger partial charge < -0.3 is 4.74 Å². The number of ether oxygens (including phenoxy) is 1. The largest absolute Gasteiger partial charge is 0.496 e. The van der Waals surface area contributed by atoms with Gasteiger partial charge in [0.1, 0.15) is 5.75 Å². The molecule has 0 radical (unpaired) electrons. The number of nitro groups is 1. The van der Waals surface area contributed by atoms with Gasteiger partial charge in [-0.3, -0.25) is 10.1 Å². The number of non-ortho nitro benzene ring substituents is 1. The van der Waals surface area contributed by atoms with Crippen molar-refractivity contribution in [1.29, 1.82) is 0 Å². The van der Waals surface area contributed by atoms with E-state index in [1.165, 1.54) is 37.5 Å². The molecule has 0 unspecified atom stereocenters. The summed E-state index contributed by atoms with van der Waals surface area (Å²) in [7, 11) is 1.36. The Hall–Kier alpha value is -3.69. The highest BCUT2D eigenvalue weighted by molar-refractivity contribution is 5.43. The second-order valence-corrected chi connectivity index (χ2v) is 5.49. The highest BCUT2D eigenvalue weighted by Crippen LogP contribution is 2.24. The van der Waals surface area contributed by atoms with Crippen molar-refractivity contribution in [2.75, 3.05) is 7.11 Å². The summed E-state index contributed by atoms with van der Waals surface area (Å²) in [5.74, 6) is 0.267. The quantitative estimate of drug-likeness (QED) is 0.377. The lowest BCUT2D eigenvalue weighted by molar-refractivity contribution is -0.384. The summed E-state index contributed by atoms with van der Waals surface area (Å²) < 4.78 is 7.68. The fourth-order valence-corrected chi connectivity index (χ4v) is 2.56. The molecule has 142 valence electrons. The third-order valence-electron chi connectivity index (χ3n) is 3.81. The molecule has 0 bridgehead atoms. The minimum Gasteiger partial charge on any atom is -0.496 e. The molecule has 0 fully saturated rings. The molecule has 2 aromatic rings. The maximum Gasteiger partial charge on any atom is 0.336 e. The summed E-state index contributed by atoms with van der Waals surface area (Å²) >= 11 is 0. The third kappa shape index (κ3) is 3.78. The van der Waals surface area contributed by atoms with Gasteiger partial charge in [-0.15, -0.1) is 13.2 Å². The first-order valence-electron chi connectivity index (χ1n) is 7.83. The highest BCUT2D eigenvalue weighted by Gasteiger charge is 2.18. The summed E-state index contributed by atoms with van der Waals surface area (Å²) in [4.78, 5) is 48.1. The van der Waals surface area contributed by atoms with Gasteiger partial charge in [0.05, 0.1) is 31.7 Å². The van der Waals surface area contributed by atoms with Crippen molar-refractivity contribution >= 4 is 5.69 Å². The van der Waals surface area contributed by atoms with E-state index in [1.807, 2.05) is 0 Å². The van der Waals surface area contributed by atoms with Crippen molar-refractivity contribution < 1.29 is 9.66 Å². The van der Waals surface area contributed by atoms with Crippen molar-refractivity contribution in [3.8, 4) is 5.75 Å². The lowest BCUT2D eigenvalue weighted by atomic mass is 10.1. The zero-order valence-electron chi connectivity index (χ0n) is 14.7. The summed E-state index contributed by atoms with van der Waals surface area (Å²) in [5, 5.41) is 11.0. The smallest absolute Gasteiger partial charge is 0.336 e. The Morgan fingerprint density at radius 2 is 1.56 bits per heavy atom. The molecule has 1 aromatic heterocycles. The van der Waals surface area contributed by atoms with E-state index < -0.39 is 22.0 Å². The van der Waals surface area contributed by atoms with Gasteiger partial charge in [-0.2, -0.15) is 0 Å². The van der Waals surface area contributed by atoms with Gasteiger partial charge in [-0.1, -0.05) is 12.2 Å². The molecule has 0 atom stereocenters. The van der Waals surface area contributed by atoms with Crippen LogP contribution in [0.15, 0.2) is 57.9 Å². The fraction of sp³-hybridized carbons (Fsp3) is 0.235. The Balaban J connectivity index is 2.74. The van der Waals surface area contributed by atoms with Crippen LogP contribution in [0, 0.1) is 10.1 Å². The van der Waals surface area contributed by atoms with Gasteiger partial charge in [-0.25, -0.2) is 28.1 Å². The summed E-state index contributed by atoms with van der Waals surface area (Å²) in [5.41, 5.74) is -2.45. The van der Waals surface area contributed by atoms with Crippen LogP contribution in [0.3, 0.4) is 0 Å². The van der Waals surface area contributed by atoms with Crippen LogP contribution in [0.25, 0.3) is 0 Å². The normalized spacial score (nSPS) is 10.4. The molecule has 0 aliphatic heterocycles. The van der Waals surface area contributed by atoms with Crippen LogP contribution in [0.5, 0.6) is 5.75 Å². The van der Waals surface area contributed by atoms with Crippen molar-refractivity contribution in [1.82, 2.24) is 13.7 Å². The predicted octanol–water partition coefficient (Wildman–Crippen LogP) is 0.509. The Kier molecular flexibility index (Phi) is 5.91. The minimum absolute atomic E-state index is 0.0961. The fourth-order valence-electron chi connectivity index (χ4n) is 2.56. The Labute approximate surface area is 153 Å². The van der Waals surface area contributed by atoms with Gasteiger partial charge >= 0.3 is 17.1 Å². The number of hydrogen-bond donors (Lipinski definition) is 0. The summed E-state index contributed by atoms with van der Waals surface area (Å²) in [6.07, 6.45) is 2.70. The Bertz CT molecular complexity index is 1030. The average molecular weight is 374 g/mol. The molecule has 0 amide bonds. The molecule has 1 heterocycles. The van der Waals surface area contributed by atoms with Crippen LogP contribution < -0.4 is 21.8 Å². The summed E-state index contributed by atoms with van der Waals surface area (Å²) in [6, 6.07) is 3.84. The Morgan fingerprint density at radius 1 is 1.04 bits per heavy atom. The van der Waals surface area contributed by atoms with Crippen LogP contribution in [0.2, 0.25) is 0 Å². The molecule has 0 saturated heterocycles. The average Bonchev–Trinajstić information content (AvgIpc) is 2.65. The van der Waals surface area contributed by atoms with E-state index in [1.54, 1.807) is 0 Å². The zero-order chi connectivity index (χ0) is 20.1. The first-order chi connectivity index (χ1) is 12.8. The number of nitrogens with zero attached hydrogens (tertiary/aromatic N) is 4. The number of nitro benzene ring substituents is 1. The molecule has 10 heteroatoms. The summed E-state index contributed by atoms with van der Waals surface area (Å²) in [6.45, 7) is 6.50. The number of aromatic nitrogens is 3. The molecular formula is C17H18N4O6. The van der Waals surface area contributed by atoms with Crippen LogP contribution in [0.4, 0.5) is 5.69 Å². The standard InChI is InChI=1S/C17H18N4O6/c1-4-8-18-15(22)19(9-5-2)17(24)20(16(18)23)11-12-10-13(21(25)26)6-7-14(12)27-3/h4-7,10H,1-2,8-9,11H2,3H3. The van der Waals surface area contributed by atoms with Crippen LogP contribution in [-0.4, -0.2) is 25.7 Å². The maximum atomic E-state index is 12.6. The number of methoxy groups -OCH3 is 1. The van der Waals surface area contributed by atoms with E-state index >= 15 is 0 Å². The van der Waals surface area contributed by atoms with E-state index in [9.17, 15) is 24.5 Å². The Morgan fingerprint density at radius 3 is 2.00 bits per heavy atom. The van der Waals surface area contributed by atoms with E-state index in [-0.39, 0.29) is 36.6 Å². The molecule has 0 aliphatic carbocycles. The second kappa shape index (κ2) is 8.13. The first-order valence-corrected chi connectivity index (χ1v) is 7.83. The molecule has 0 saturated carbocycles. The van der Waals surface area contributed by atoms with Gasteiger partial charge in [0.25, 0.3) is 5.69 Å². The van der Waals surface area contributed by atoms with Crippen molar-refractivity contribution in [3.05, 3.63) is 90.6 Å². The molecule has 0 N–H and O–H groups in total. The molecule has 0 aliphatic rings. The lowest BCUT2D eigenvalue weighted by Crippen LogP contribution is -2.54. The van der Waals surface area contributed by atoms with Crippen LogP contribution in [-0.2, 0) is 19.6 Å². The van der Waals surface area contributed by atoms with E-state index in [4.69, 9.17) is 4.74 Å². The van der Waals surface area contributed by atoms with Gasteiger partial charge in [0.15, 0.2) is 0 Å². The van der Waals surface area contributed by atoms with Gasteiger partial charge in [-0.05, 0) is 6.07 Å². The molecule has 1 aromatic carbocycles. The van der Waals surface area contributed by atoms with Crippen molar-refractivity contribution in [2.24, 2.45) is 0 Å². The molecular weight excluding hydrogens is 356 g/mol. The lowest BCUT2D eigenvalue weighted by Gasteiger charge is -2.13. The van der Waals surface area contributed by atoms with Crippen molar-refractivity contribution in [2.45, 2.75) is 19.6 Å². The molecule has 0 spiro atoms. The van der Waals surface area contributed by atoms with Gasteiger partial charge in [0, 0.05) is 17.7 Å². The van der Waals surface area contributed by atoms with E-state index in [2.05, 4.69) is 13.2 Å². The molecule has 2 rings (SSSR count). The van der Waals surface area contributed by atoms with E-state index in [0.29, 0.717) is 0 Å². The number of benzene rings is 1. The van der Waals surface area contributed by atoms with E-state index in [0.717, 1.165) is 13.7 Å². The molecule has 27 heavy (non-hydrogen) atoms.